The van der Waals surface area contributed by atoms with Crippen molar-refractivity contribution in [2.45, 2.75) is 138 Å². The van der Waals surface area contributed by atoms with Crippen LogP contribution in [0.15, 0.2) is 14.5 Å². The number of likely N-dealkylation sites (N-methyl/N-ethyl adjacent to an activating group) is 1. The maximum Gasteiger partial charge on any atom is 0.347 e. The molecule has 1 fully saturated rings. The summed E-state index contributed by atoms with van der Waals surface area (Å²) in [7, 11) is -7.03. The molecule has 75 heavy (non-hydrogen) atoms. The van der Waals surface area contributed by atoms with Crippen LogP contribution in [0, 0.1) is 0 Å². The van der Waals surface area contributed by atoms with Crippen molar-refractivity contribution in [3.05, 3.63) is 11.6 Å². The van der Waals surface area contributed by atoms with Gasteiger partial charge in [-0.3, -0.25) is 9.59 Å². The van der Waals surface area contributed by atoms with Crippen LogP contribution in [-0.2, 0) is 91.5 Å². The van der Waals surface area contributed by atoms with Crippen LogP contribution in [0.2, 0.25) is 0 Å². The summed E-state index contributed by atoms with van der Waals surface area (Å²) in [5.41, 5.74) is -0.307. The number of sulfonamides is 2. The van der Waals surface area contributed by atoms with E-state index in [4.69, 9.17) is 47.8 Å². The topological polar surface area (TPSA) is 344 Å². The molecule has 2 aromatic heterocycles. The van der Waals surface area contributed by atoms with E-state index in [9.17, 15) is 50.4 Å². The summed E-state index contributed by atoms with van der Waals surface area (Å²) in [6.07, 6.45) is -9.52. The lowest BCUT2D eigenvalue weighted by Crippen LogP contribution is -2.47. The molecule has 0 radical (unpaired) electrons. The van der Waals surface area contributed by atoms with Crippen LogP contribution in [-0.4, -0.2) is 191 Å². The van der Waals surface area contributed by atoms with E-state index in [-0.39, 0.29) is 60.6 Å². The van der Waals surface area contributed by atoms with E-state index in [0.29, 0.717) is 49.9 Å². The Balaban J connectivity index is 1.23. The number of nitrogens with zero attached hydrogens (tertiary/aromatic N) is 5. The van der Waals surface area contributed by atoms with Gasteiger partial charge >= 0.3 is 35.8 Å². The predicted octanol–water partition coefficient (Wildman–Crippen LogP) is 0.832. The highest BCUT2D eigenvalue weighted by molar-refractivity contribution is 7.94. The number of hydrogen-bond donors (Lipinski definition) is 2. The number of carbonyl (C=O) groups excluding carboxylic acids is 7. The molecule has 2 aliphatic rings. The monoisotopic (exact) mass is 1140 g/mol. The Bertz CT molecular complexity index is 2550. The standard InChI is InChI=1S/C44H67N7O20S4/c1-11-51(32-23-50(15-12-18-63-10)75(61,62)43-31(32)21-35(72-43)74(45,59)60)33(52)13-14-34(53)66-25(2)38(54)67-26(3)39(55)68-27(4)40(56)69-28(5)41(57)70-29(6)42(58)71-30(22-46-44(7,8)9)24-65-37-36(47-73-48-37)49-16-19-64-20-17-49/h21,25-30,32,46H,11-20,22-24H2,1-10H3,(H2,45,59,60)/t25?,26?,27?,28?,29?,30?,32-/m1/s1. The Morgan fingerprint density at radius 3 is 1.89 bits per heavy atom. The van der Waals surface area contributed by atoms with Gasteiger partial charge in [0.15, 0.2) is 30.5 Å². The molecule has 422 valence electrons. The van der Waals surface area contributed by atoms with Crippen molar-refractivity contribution in [3.8, 4) is 5.88 Å². The number of nitrogens with one attached hydrogen (secondary N) is 1. The third-order valence-corrected chi connectivity index (χ3v) is 16.5. The summed E-state index contributed by atoms with van der Waals surface area (Å²) in [5.74, 6) is -6.50. The molecule has 0 aliphatic carbocycles. The largest absolute Gasteiger partial charge is 0.470 e. The first-order valence-electron chi connectivity index (χ1n) is 23.8. The molecule has 7 atom stereocenters. The summed E-state index contributed by atoms with van der Waals surface area (Å²) in [5, 5.41) is 8.57. The fourth-order valence-electron chi connectivity index (χ4n) is 7.03. The molecule has 1 amide bonds. The van der Waals surface area contributed by atoms with Gasteiger partial charge in [0.1, 0.15) is 21.1 Å². The molecule has 1 saturated heterocycles. The van der Waals surface area contributed by atoms with Crippen LogP contribution >= 0.6 is 23.1 Å². The lowest BCUT2D eigenvalue weighted by atomic mass is 10.1. The minimum Gasteiger partial charge on any atom is -0.470 e. The molecule has 0 saturated carbocycles. The van der Waals surface area contributed by atoms with Gasteiger partial charge in [0.25, 0.3) is 15.9 Å². The average Bonchev–Trinajstić information content (AvgIpc) is 4.02. The Labute approximate surface area is 443 Å². The van der Waals surface area contributed by atoms with Gasteiger partial charge in [-0.25, -0.2) is 45.9 Å². The zero-order chi connectivity index (χ0) is 56.0. The minimum atomic E-state index is -4.31. The van der Waals surface area contributed by atoms with Gasteiger partial charge in [-0.15, -0.1) is 15.7 Å². The Kier molecular flexibility index (Phi) is 23.1. The quantitative estimate of drug-likeness (QED) is 0.0711. The molecule has 4 heterocycles. The normalized spacial score (nSPS) is 18.2. The second-order valence-electron chi connectivity index (χ2n) is 18.2. The molecule has 2 aromatic rings. The summed E-state index contributed by atoms with van der Waals surface area (Å²) >= 11 is 1.44. The number of thiophene rings is 1. The number of hydrogen-bond acceptors (Lipinski definition) is 26. The number of primary sulfonamides is 1. The fraction of sp³-hybridized carbons (Fsp3) is 0.705. The van der Waals surface area contributed by atoms with E-state index in [1.807, 2.05) is 25.7 Å². The van der Waals surface area contributed by atoms with E-state index in [2.05, 4.69) is 14.1 Å². The van der Waals surface area contributed by atoms with Crippen LogP contribution in [0.5, 0.6) is 5.88 Å². The summed E-state index contributed by atoms with van der Waals surface area (Å²) in [6.45, 7) is 15.5. The van der Waals surface area contributed by atoms with Crippen molar-refractivity contribution < 1.29 is 93.0 Å². The molecule has 0 bridgehead atoms. The lowest BCUT2D eigenvalue weighted by molar-refractivity contribution is -0.187. The van der Waals surface area contributed by atoms with Gasteiger partial charge in [0, 0.05) is 70.5 Å². The van der Waals surface area contributed by atoms with Gasteiger partial charge in [0.2, 0.25) is 21.7 Å². The zero-order valence-corrected chi connectivity index (χ0v) is 46.7. The highest BCUT2D eigenvalue weighted by Crippen LogP contribution is 2.42. The van der Waals surface area contributed by atoms with E-state index >= 15 is 0 Å². The first kappa shape index (κ1) is 62.4. The van der Waals surface area contributed by atoms with E-state index in [1.165, 1.54) is 18.9 Å². The number of carbonyl (C=O) groups is 7. The molecule has 4 rings (SSSR count). The highest BCUT2D eigenvalue weighted by atomic mass is 32.3. The summed E-state index contributed by atoms with van der Waals surface area (Å²) in [6, 6.07) is 0.176. The van der Waals surface area contributed by atoms with Gasteiger partial charge in [-0.2, -0.15) is 8.68 Å². The molecule has 31 heteroatoms. The summed E-state index contributed by atoms with van der Waals surface area (Å²) in [4.78, 5) is 94.2. The average molecular weight is 1140 g/mol. The van der Waals surface area contributed by atoms with Gasteiger partial charge in [-0.1, -0.05) is 0 Å². The molecular formula is C44H67N7O20S4. The second-order valence-corrected chi connectivity index (χ2v) is 23.7. The van der Waals surface area contributed by atoms with Gasteiger partial charge < -0.3 is 57.7 Å². The van der Waals surface area contributed by atoms with Crippen molar-refractivity contribution >= 4 is 90.7 Å². The maximum atomic E-state index is 13.6. The fourth-order valence-corrected chi connectivity index (χ4v) is 11.8. The van der Waals surface area contributed by atoms with Gasteiger partial charge in [-0.05, 0) is 74.8 Å². The van der Waals surface area contributed by atoms with Crippen LogP contribution in [0.4, 0.5) is 5.82 Å². The van der Waals surface area contributed by atoms with E-state index in [1.54, 1.807) is 6.92 Å². The summed E-state index contributed by atoms with van der Waals surface area (Å²) < 4.78 is 108. The molecular weight excluding hydrogens is 1070 g/mol. The van der Waals surface area contributed by atoms with E-state index < -0.39 is 121 Å². The second kappa shape index (κ2) is 27.8. The minimum absolute atomic E-state index is 0.00374. The smallest absolute Gasteiger partial charge is 0.347 e. The number of esters is 6. The molecule has 27 nitrogen and oxygen atoms in total. The first-order chi connectivity index (χ1) is 35.1. The number of methoxy groups -OCH3 is 1. The first-order valence-corrected chi connectivity index (χ1v) is 28.3. The predicted molar refractivity (Wildman–Crippen MR) is 264 cm³/mol. The van der Waals surface area contributed by atoms with Crippen LogP contribution in [0.25, 0.3) is 0 Å². The number of anilines is 1. The zero-order valence-electron chi connectivity index (χ0n) is 43.4. The van der Waals surface area contributed by atoms with Crippen LogP contribution in [0.1, 0.15) is 93.2 Å². The number of fused-ring (bicyclic) bond motifs is 1. The number of rotatable bonds is 27. The molecule has 3 N–H and O–H groups in total. The van der Waals surface area contributed by atoms with Crippen molar-refractivity contribution in [1.82, 2.24) is 23.3 Å². The SMILES string of the molecule is CCN(C(=O)CCC(=O)OC(C)C(=O)OC(C)C(=O)OC(C)C(=O)OC(C)C(=O)OC(C)C(=O)OC(CNC(C)(C)C)COc1nsnc1N1CCOCC1)[C@@H]1CN(CCCOC)S(=O)(=O)c2sc(S(N)(=O)=O)cc21. The maximum absolute atomic E-state index is 13.6. The van der Waals surface area contributed by atoms with Crippen LogP contribution < -0.4 is 20.1 Å². The van der Waals surface area contributed by atoms with Crippen molar-refractivity contribution in [2.75, 3.05) is 77.7 Å². The van der Waals surface area contributed by atoms with Crippen molar-refractivity contribution in [1.29, 1.82) is 0 Å². The molecule has 6 unspecified atom stereocenters. The third-order valence-electron chi connectivity index (χ3n) is 11.1. The molecule has 2 aliphatic heterocycles. The van der Waals surface area contributed by atoms with E-state index in [0.717, 1.165) is 49.8 Å². The number of ether oxygens (including phenoxy) is 9. The van der Waals surface area contributed by atoms with Gasteiger partial charge in [0.05, 0.1) is 37.4 Å². The number of amides is 1. The van der Waals surface area contributed by atoms with Crippen molar-refractivity contribution in [2.24, 2.45) is 5.14 Å². The molecule has 0 spiro atoms. The Morgan fingerprint density at radius 1 is 0.853 bits per heavy atom. The Morgan fingerprint density at radius 2 is 1.39 bits per heavy atom. The number of morpholine rings is 1. The third kappa shape index (κ3) is 18.2. The van der Waals surface area contributed by atoms with Crippen molar-refractivity contribution in [3.63, 3.8) is 0 Å². The van der Waals surface area contributed by atoms with Crippen LogP contribution in [0.3, 0.4) is 0 Å². The number of nitrogens with two attached hydrogens (primary N) is 1. The number of aromatic nitrogens is 2. The lowest BCUT2D eigenvalue weighted by Gasteiger charge is -2.38. The Hall–Kier alpha value is -5.15. The highest BCUT2D eigenvalue weighted by Gasteiger charge is 2.43. The molecule has 0 aromatic carbocycles.